The topological polar surface area (TPSA) is 69.7 Å². The van der Waals surface area contributed by atoms with Crippen molar-refractivity contribution in [3.63, 3.8) is 0 Å². The van der Waals surface area contributed by atoms with Gasteiger partial charge in [-0.15, -0.1) is 0 Å². The number of sulfonamides is 1. The number of anilines is 1. The summed E-state index contributed by atoms with van der Waals surface area (Å²) in [5.41, 5.74) is 0.580. The van der Waals surface area contributed by atoms with Gasteiger partial charge in [0, 0.05) is 17.3 Å². The van der Waals surface area contributed by atoms with Crippen molar-refractivity contribution in [1.82, 2.24) is 9.21 Å². The van der Waals surface area contributed by atoms with Crippen LogP contribution in [-0.4, -0.2) is 63.5 Å². The first-order chi connectivity index (χ1) is 10.2. The second-order valence-electron chi connectivity index (χ2n) is 5.31. The van der Waals surface area contributed by atoms with E-state index < -0.39 is 10.0 Å². The maximum absolute atomic E-state index is 12.0. The Morgan fingerprint density at radius 2 is 1.77 bits per heavy atom. The highest BCUT2D eigenvalue weighted by molar-refractivity contribution is 7.88. The molecule has 0 unspecified atom stereocenters. The van der Waals surface area contributed by atoms with Gasteiger partial charge in [0.15, 0.2) is 0 Å². The van der Waals surface area contributed by atoms with Crippen LogP contribution in [0.3, 0.4) is 0 Å². The highest BCUT2D eigenvalue weighted by Gasteiger charge is 2.19. The number of carbonyl (C=O) groups excluding carboxylic acids is 1. The molecule has 0 atom stereocenters. The number of amides is 1. The van der Waals surface area contributed by atoms with E-state index in [9.17, 15) is 13.2 Å². The van der Waals surface area contributed by atoms with E-state index in [4.69, 9.17) is 11.6 Å². The van der Waals surface area contributed by atoms with E-state index in [1.807, 2.05) is 19.0 Å². The monoisotopic (exact) mass is 347 g/mol. The van der Waals surface area contributed by atoms with E-state index in [0.29, 0.717) is 23.7 Å². The predicted molar refractivity (Wildman–Crippen MR) is 89.7 cm³/mol. The number of carbonyl (C=O) groups is 1. The van der Waals surface area contributed by atoms with Gasteiger partial charge in [0.05, 0.1) is 12.8 Å². The fourth-order valence-electron chi connectivity index (χ4n) is 1.82. The van der Waals surface area contributed by atoms with Gasteiger partial charge >= 0.3 is 0 Å². The van der Waals surface area contributed by atoms with Crippen LogP contribution in [0.2, 0.25) is 5.02 Å². The highest BCUT2D eigenvalue weighted by Crippen LogP contribution is 2.13. The Kier molecular flexibility index (Phi) is 7.28. The van der Waals surface area contributed by atoms with Crippen LogP contribution in [0, 0.1) is 0 Å². The fourth-order valence-corrected chi connectivity index (χ4v) is 2.76. The maximum atomic E-state index is 12.0. The van der Waals surface area contributed by atoms with Gasteiger partial charge in [-0.2, -0.15) is 4.31 Å². The fraction of sp³-hybridized carbons (Fsp3) is 0.500. The van der Waals surface area contributed by atoms with Crippen LogP contribution >= 0.6 is 11.6 Å². The molecule has 0 heterocycles. The van der Waals surface area contributed by atoms with Gasteiger partial charge in [-0.25, -0.2) is 8.42 Å². The lowest BCUT2D eigenvalue weighted by molar-refractivity contribution is -0.116. The number of nitrogens with one attached hydrogen (secondary N) is 1. The molecule has 6 nitrogen and oxygen atoms in total. The molecule has 0 saturated heterocycles. The molecule has 22 heavy (non-hydrogen) atoms. The number of nitrogens with zero attached hydrogens (tertiary/aromatic N) is 2. The summed E-state index contributed by atoms with van der Waals surface area (Å²) < 4.78 is 24.7. The third kappa shape index (κ3) is 7.22. The van der Waals surface area contributed by atoms with Gasteiger partial charge in [-0.3, -0.25) is 4.79 Å². The Balaban J connectivity index is 2.60. The second-order valence-corrected chi connectivity index (χ2v) is 7.73. The van der Waals surface area contributed by atoms with Crippen LogP contribution in [0.1, 0.15) is 6.42 Å². The lowest BCUT2D eigenvalue weighted by atomic mass is 10.3. The lowest BCUT2D eigenvalue weighted by Crippen LogP contribution is -2.38. The molecule has 1 amide bonds. The number of hydrogen-bond donors (Lipinski definition) is 1. The first-order valence-electron chi connectivity index (χ1n) is 6.84. The number of hydrogen-bond acceptors (Lipinski definition) is 4. The van der Waals surface area contributed by atoms with E-state index in [-0.39, 0.29) is 12.5 Å². The largest absolute Gasteiger partial charge is 0.325 e. The molecule has 1 rings (SSSR count). The molecule has 0 saturated carbocycles. The van der Waals surface area contributed by atoms with E-state index in [2.05, 4.69) is 5.32 Å². The molecule has 0 bridgehead atoms. The van der Waals surface area contributed by atoms with Crippen molar-refractivity contribution < 1.29 is 13.2 Å². The van der Waals surface area contributed by atoms with Crippen LogP contribution in [0.5, 0.6) is 0 Å². The summed E-state index contributed by atoms with van der Waals surface area (Å²) in [5.74, 6) is -0.377. The molecule has 1 aromatic carbocycles. The third-order valence-corrected chi connectivity index (χ3v) is 4.43. The van der Waals surface area contributed by atoms with E-state index >= 15 is 0 Å². The van der Waals surface area contributed by atoms with Crippen molar-refractivity contribution in [3.8, 4) is 0 Å². The zero-order valence-electron chi connectivity index (χ0n) is 13.0. The number of benzene rings is 1. The minimum Gasteiger partial charge on any atom is -0.325 e. The van der Waals surface area contributed by atoms with Crippen molar-refractivity contribution in [2.24, 2.45) is 0 Å². The average molecular weight is 348 g/mol. The molecule has 1 N–H and O–H groups in total. The SMILES string of the molecule is CN(C)CCCN(CC(=O)Nc1ccc(Cl)cc1)S(C)(=O)=O. The summed E-state index contributed by atoms with van der Waals surface area (Å²) in [6.45, 7) is 0.866. The molecule has 8 heteroatoms. The van der Waals surface area contributed by atoms with E-state index in [1.165, 1.54) is 4.31 Å². The zero-order valence-corrected chi connectivity index (χ0v) is 14.6. The Labute approximate surface area is 137 Å². The van der Waals surface area contributed by atoms with Gasteiger partial charge in [0.2, 0.25) is 15.9 Å². The Morgan fingerprint density at radius 3 is 2.27 bits per heavy atom. The summed E-state index contributed by atoms with van der Waals surface area (Å²) >= 11 is 5.77. The zero-order chi connectivity index (χ0) is 16.8. The van der Waals surface area contributed by atoms with Gasteiger partial charge in [-0.05, 0) is 51.3 Å². The van der Waals surface area contributed by atoms with Crippen LogP contribution in [0.15, 0.2) is 24.3 Å². The number of halogens is 1. The summed E-state index contributed by atoms with van der Waals surface area (Å²) in [6, 6.07) is 6.64. The second kappa shape index (κ2) is 8.47. The highest BCUT2D eigenvalue weighted by atomic mass is 35.5. The Hall–Kier alpha value is -1.15. The van der Waals surface area contributed by atoms with Crippen molar-refractivity contribution in [2.45, 2.75) is 6.42 Å². The van der Waals surface area contributed by atoms with Crippen LogP contribution in [0.25, 0.3) is 0 Å². The summed E-state index contributed by atoms with van der Waals surface area (Å²) in [7, 11) is 0.405. The maximum Gasteiger partial charge on any atom is 0.239 e. The minimum atomic E-state index is -3.42. The molecule has 1 aromatic rings. The van der Waals surface area contributed by atoms with Gasteiger partial charge in [0.1, 0.15) is 0 Å². The van der Waals surface area contributed by atoms with Crippen LogP contribution in [0.4, 0.5) is 5.69 Å². The molecule has 0 radical (unpaired) electrons. The molecule has 0 aliphatic carbocycles. The van der Waals surface area contributed by atoms with Gasteiger partial charge < -0.3 is 10.2 Å². The summed E-state index contributed by atoms with van der Waals surface area (Å²) in [5, 5.41) is 3.23. The van der Waals surface area contributed by atoms with Crippen molar-refractivity contribution in [3.05, 3.63) is 29.3 Å². The molecule has 0 aromatic heterocycles. The summed E-state index contributed by atoms with van der Waals surface area (Å²) in [6.07, 6.45) is 1.77. The molecule has 124 valence electrons. The molecular formula is C14H22ClN3O3S. The van der Waals surface area contributed by atoms with Crippen LogP contribution < -0.4 is 5.32 Å². The first kappa shape index (κ1) is 18.9. The molecule has 0 fully saturated rings. The smallest absolute Gasteiger partial charge is 0.239 e. The van der Waals surface area contributed by atoms with E-state index in [1.54, 1.807) is 24.3 Å². The molecule has 0 aliphatic rings. The van der Waals surface area contributed by atoms with Crippen LogP contribution in [-0.2, 0) is 14.8 Å². The Morgan fingerprint density at radius 1 is 1.18 bits per heavy atom. The number of rotatable bonds is 8. The lowest BCUT2D eigenvalue weighted by Gasteiger charge is -2.20. The first-order valence-corrected chi connectivity index (χ1v) is 9.06. The van der Waals surface area contributed by atoms with E-state index in [0.717, 1.165) is 12.8 Å². The predicted octanol–water partition coefficient (Wildman–Crippen LogP) is 1.49. The average Bonchev–Trinajstić information content (AvgIpc) is 2.39. The standard InChI is InChI=1S/C14H22ClN3O3S/c1-17(2)9-4-10-18(22(3,20)21)11-14(19)16-13-7-5-12(15)6-8-13/h5-8H,4,9-11H2,1-3H3,(H,16,19). The Bertz CT molecular complexity index is 588. The van der Waals surface area contributed by atoms with Crippen molar-refractivity contribution in [1.29, 1.82) is 0 Å². The quantitative estimate of drug-likeness (QED) is 0.773. The molecular weight excluding hydrogens is 326 g/mol. The van der Waals surface area contributed by atoms with Gasteiger partial charge in [-0.1, -0.05) is 11.6 Å². The normalized spacial score (nSPS) is 11.9. The van der Waals surface area contributed by atoms with Crippen molar-refractivity contribution in [2.75, 3.05) is 45.3 Å². The molecule has 0 spiro atoms. The van der Waals surface area contributed by atoms with Crippen molar-refractivity contribution >= 4 is 33.2 Å². The van der Waals surface area contributed by atoms with Gasteiger partial charge in [0.25, 0.3) is 0 Å². The minimum absolute atomic E-state index is 0.200. The molecule has 0 aliphatic heterocycles. The summed E-state index contributed by atoms with van der Waals surface area (Å²) in [4.78, 5) is 14.0. The third-order valence-electron chi connectivity index (χ3n) is 2.93.